The van der Waals surface area contributed by atoms with Crippen molar-refractivity contribution in [2.75, 3.05) is 26.8 Å². The van der Waals surface area contributed by atoms with E-state index in [1.807, 2.05) is 20.1 Å². The number of piperidine rings is 1. The zero-order valence-electron chi connectivity index (χ0n) is 30.0. The number of benzene rings is 2. The van der Waals surface area contributed by atoms with Crippen LogP contribution < -0.4 is 9.47 Å². The molecule has 2 spiro atoms. The van der Waals surface area contributed by atoms with Crippen LogP contribution in [0.1, 0.15) is 94.9 Å². The molecule has 2 aromatic carbocycles. The maximum absolute atomic E-state index is 13.3. The van der Waals surface area contributed by atoms with Crippen LogP contribution in [0.25, 0.3) is 0 Å². The van der Waals surface area contributed by atoms with Crippen molar-refractivity contribution in [3.8, 4) is 11.5 Å². The van der Waals surface area contributed by atoms with Crippen molar-refractivity contribution in [1.82, 2.24) is 4.90 Å². The Morgan fingerprint density at radius 2 is 1.84 bits per heavy atom. The van der Waals surface area contributed by atoms with Crippen LogP contribution in [-0.2, 0) is 34.2 Å². The summed E-state index contributed by atoms with van der Waals surface area (Å²) in [5.41, 5.74) is 4.25. The molecule has 262 valence electrons. The van der Waals surface area contributed by atoms with Gasteiger partial charge < -0.3 is 24.1 Å². The van der Waals surface area contributed by atoms with E-state index in [1.54, 1.807) is 0 Å². The third-order valence-corrected chi connectivity index (χ3v) is 14.8. The highest BCUT2D eigenvalue weighted by Gasteiger charge is 2.82. The minimum absolute atomic E-state index is 0.0608. The van der Waals surface area contributed by atoms with Crippen molar-refractivity contribution in [2.45, 2.75) is 121 Å². The number of hydrogen-bond donors (Lipinski definition) is 1. The van der Waals surface area contributed by atoms with Crippen LogP contribution in [-0.4, -0.2) is 66.3 Å². The summed E-state index contributed by atoms with van der Waals surface area (Å²) in [4.78, 5) is 16.1. The highest BCUT2D eigenvalue weighted by atomic mass is 16.7. The first-order valence-corrected chi connectivity index (χ1v) is 18.9. The molecule has 0 amide bonds. The predicted molar refractivity (Wildman–Crippen MR) is 187 cm³/mol. The lowest BCUT2D eigenvalue weighted by Crippen LogP contribution is -2.83. The summed E-state index contributed by atoms with van der Waals surface area (Å²) in [6.07, 6.45) is 11.2. The van der Waals surface area contributed by atoms with E-state index in [0.29, 0.717) is 24.0 Å². The quantitative estimate of drug-likeness (QED) is 0.179. The van der Waals surface area contributed by atoms with Crippen LogP contribution in [0.4, 0.5) is 4.79 Å². The molecule has 0 radical (unpaired) electrons. The number of ether oxygens (including phenoxy) is 4. The number of rotatable bonds is 8. The zero-order valence-corrected chi connectivity index (χ0v) is 30.0. The molecule has 2 aromatic rings. The standard InChI is InChI=1S/C42H53NO6/c1-38(2,3)39(4,45)32-24-40-17-18-42(32,46-5)36-41(40)19-20-43(25-27-10-11-27)33(40)23-30-14-15-31(35(49-36)34(30)41)48-37(44)47-21-16-26-12-13-28-8-6-7-9-29(28)22-26/h6-9,12,14-15,27,32-33,36,45H,10-11,13,16-25H2,1-5H3. The van der Waals surface area contributed by atoms with Gasteiger partial charge in [-0.2, -0.15) is 0 Å². The second-order valence-electron chi connectivity index (χ2n) is 17.7. The van der Waals surface area contributed by atoms with Gasteiger partial charge in [0.25, 0.3) is 0 Å². The smallest absolute Gasteiger partial charge is 0.482 e. The molecule has 7 nitrogen and oxygen atoms in total. The maximum atomic E-state index is 13.3. The zero-order chi connectivity index (χ0) is 34.0. The molecule has 4 saturated carbocycles. The van der Waals surface area contributed by atoms with Gasteiger partial charge in [0.05, 0.1) is 12.2 Å². The summed E-state index contributed by atoms with van der Waals surface area (Å²) < 4.78 is 25.7. The van der Waals surface area contributed by atoms with Gasteiger partial charge in [-0.3, -0.25) is 4.90 Å². The van der Waals surface area contributed by atoms with Crippen molar-refractivity contribution in [3.05, 3.63) is 70.3 Å². The van der Waals surface area contributed by atoms with Gasteiger partial charge in [-0.05, 0) is 105 Å². The molecule has 1 N–H and O–H groups in total. The molecule has 7 atom stereocenters. The molecule has 8 aliphatic rings. The average Bonchev–Trinajstić information content (AvgIpc) is 3.82. The lowest BCUT2D eigenvalue weighted by molar-refractivity contribution is -0.312. The van der Waals surface area contributed by atoms with Crippen molar-refractivity contribution in [1.29, 1.82) is 0 Å². The number of carbonyl (C=O) groups excluding carboxylic acids is 1. The molecular weight excluding hydrogens is 614 g/mol. The second-order valence-corrected chi connectivity index (χ2v) is 17.7. The van der Waals surface area contributed by atoms with Crippen LogP contribution >= 0.6 is 0 Å². The Balaban J connectivity index is 1.04. The van der Waals surface area contributed by atoms with Crippen molar-refractivity contribution in [3.63, 3.8) is 0 Å². The Morgan fingerprint density at radius 1 is 1.04 bits per heavy atom. The molecule has 6 aliphatic carbocycles. The average molecular weight is 668 g/mol. The summed E-state index contributed by atoms with van der Waals surface area (Å²) >= 11 is 0. The molecule has 2 aliphatic heterocycles. The minimum atomic E-state index is -0.981. The number of carbonyl (C=O) groups is 1. The number of likely N-dealkylation sites (tertiary alicyclic amines) is 1. The maximum Gasteiger partial charge on any atom is 0.513 e. The fourth-order valence-electron chi connectivity index (χ4n) is 11.7. The van der Waals surface area contributed by atoms with Crippen LogP contribution in [0.3, 0.4) is 0 Å². The molecule has 0 aromatic heterocycles. The second kappa shape index (κ2) is 10.8. The van der Waals surface area contributed by atoms with Gasteiger partial charge in [-0.25, -0.2) is 4.79 Å². The van der Waals surface area contributed by atoms with Gasteiger partial charge in [0.15, 0.2) is 11.5 Å². The highest BCUT2D eigenvalue weighted by molar-refractivity contribution is 5.70. The van der Waals surface area contributed by atoms with Crippen molar-refractivity contribution in [2.24, 2.45) is 22.7 Å². The Kier molecular flexibility index (Phi) is 7.08. The van der Waals surface area contributed by atoms with E-state index >= 15 is 0 Å². The van der Waals surface area contributed by atoms with Gasteiger partial charge in [-0.1, -0.05) is 62.8 Å². The van der Waals surface area contributed by atoms with Crippen molar-refractivity contribution < 1.29 is 28.8 Å². The third kappa shape index (κ3) is 4.40. The number of aliphatic hydroxyl groups is 1. The topological polar surface area (TPSA) is 77.5 Å². The van der Waals surface area contributed by atoms with Crippen LogP contribution in [0, 0.1) is 22.7 Å². The van der Waals surface area contributed by atoms with Crippen LogP contribution in [0.2, 0.25) is 0 Å². The van der Waals surface area contributed by atoms with Crippen LogP contribution in [0.15, 0.2) is 48.0 Å². The largest absolute Gasteiger partial charge is 0.513 e. The lowest BCUT2D eigenvalue weighted by Gasteiger charge is -2.75. The number of nitrogens with zero attached hydrogens (tertiary/aromatic N) is 1. The molecule has 10 rings (SSSR count). The Bertz CT molecular complexity index is 1720. The molecule has 5 fully saturated rings. The number of methoxy groups -OCH3 is 1. The van der Waals surface area contributed by atoms with Crippen molar-refractivity contribution >= 4 is 6.16 Å². The summed E-state index contributed by atoms with van der Waals surface area (Å²) in [5.74, 6) is 1.84. The SMILES string of the molecule is COC12CCC3(CC1C(C)(O)C(C)(C)C)C1Cc4ccc(OC(=O)OCCC5=CCc6ccccc6C5)c5c4C3(CCN1CC1CC1)C2O5. The van der Waals surface area contributed by atoms with E-state index in [0.717, 1.165) is 57.4 Å². The monoisotopic (exact) mass is 667 g/mol. The van der Waals surface area contributed by atoms with E-state index < -0.39 is 17.4 Å². The molecule has 1 saturated heterocycles. The Morgan fingerprint density at radius 3 is 2.59 bits per heavy atom. The first-order chi connectivity index (χ1) is 23.4. The predicted octanol–water partition coefficient (Wildman–Crippen LogP) is 7.34. The summed E-state index contributed by atoms with van der Waals surface area (Å²) in [5, 5.41) is 12.5. The number of hydrogen-bond acceptors (Lipinski definition) is 7. The highest BCUT2D eigenvalue weighted by Crippen LogP contribution is 2.78. The summed E-state index contributed by atoms with van der Waals surface area (Å²) in [6.45, 7) is 11.0. The Labute approximate surface area is 291 Å². The van der Waals surface area contributed by atoms with E-state index in [1.165, 1.54) is 47.2 Å². The van der Waals surface area contributed by atoms with E-state index in [2.05, 4.69) is 62.1 Å². The molecule has 2 heterocycles. The minimum Gasteiger partial charge on any atom is -0.482 e. The van der Waals surface area contributed by atoms with Gasteiger partial charge in [-0.15, -0.1) is 0 Å². The number of allylic oxidation sites excluding steroid dienone is 1. The fourth-order valence-corrected chi connectivity index (χ4v) is 11.7. The van der Waals surface area contributed by atoms with E-state index in [9.17, 15) is 9.90 Å². The number of fused-ring (bicyclic) bond motifs is 3. The molecular formula is C42H53NO6. The fraction of sp³-hybridized carbons (Fsp3) is 0.643. The lowest BCUT2D eigenvalue weighted by atomic mass is 9.33. The van der Waals surface area contributed by atoms with Gasteiger partial charge in [0, 0.05) is 48.4 Å². The van der Waals surface area contributed by atoms with E-state index in [4.69, 9.17) is 18.9 Å². The van der Waals surface area contributed by atoms with Gasteiger partial charge >= 0.3 is 6.16 Å². The Hall–Kier alpha value is -2.87. The summed E-state index contributed by atoms with van der Waals surface area (Å²) in [6, 6.07) is 13.0. The third-order valence-electron chi connectivity index (χ3n) is 14.8. The normalized spacial score (nSPS) is 35.1. The molecule has 49 heavy (non-hydrogen) atoms. The first kappa shape index (κ1) is 32.1. The van der Waals surface area contributed by atoms with Gasteiger partial charge in [0.1, 0.15) is 11.7 Å². The van der Waals surface area contributed by atoms with Gasteiger partial charge in [0.2, 0.25) is 0 Å². The summed E-state index contributed by atoms with van der Waals surface area (Å²) in [7, 11) is 1.83. The molecule has 7 heteroatoms. The molecule has 7 unspecified atom stereocenters. The van der Waals surface area contributed by atoms with Crippen LogP contribution in [0.5, 0.6) is 11.5 Å². The van der Waals surface area contributed by atoms with E-state index in [-0.39, 0.29) is 34.9 Å². The first-order valence-electron chi connectivity index (χ1n) is 18.9. The molecule has 4 bridgehead atoms.